The monoisotopic (exact) mass is 398 g/mol. The number of halogens is 3. The predicted octanol–water partition coefficient (Wildman–Crippen LogP) is 2.34. The van der Waals surface area contributed by atoms with Crippen molar-refractivity contribution >= 4 is 23.3 Å². The minimum absolute atomic E-state index is 0.0499. The maximum Gasteiger partial charge on any atom is 0.416 e. The lowest BCUT2D eigenvalue weighted by Crippen LogP contribution is -2.28. The Balaban J connectivity index is 3.34. The molecule has 1 aromatic rings. The Labute approximate surface area is 158 Å². The molecule has 8 nitrogen and oxygen atoms in total. The summed E-state index contributed by atoms with van der Waals surface area (Å²) >= 11 is 0. The molecule has 0 amide bonds. The maximum absolute atomic E-state index is 12.8. The zero-order valence-electron chi connectivity index (χ0n) is 15.0. The van der Waals surface area contributed by atoms with E-state index in [1.165, 1.54) is 26.0 Å². The topological polar surface area (TPSA) is 127 Å². The van der Waals surface area contributed by atoms with Gasteiger partial charge in [0.15, 0.2) is 11.3 Å². The van der Waals surface area contributed by atoms with Crippen LogP contribution < -0.4 is 11.2 Å². The van der Waals surface area contributed by atoms with Crippen LogP contribution in [-0.4, -0.2) is 30.9 Å². The van der Waals surface area contributed by atoms with Crippen molar-refractivity contribution < 1.29 is 32.2 Å². The summed E-state index contributed by atoms with van der Waals surface area (Å²) in [6, 6.07) is 5.50. The molecule has 1 rings (SSSR count). The Morgan fingerprint density at radius 3 is 2.36 bits per heavy atom. The van der Waals surface area contributed by atoms with Crippen LogP contribution in [0.5, 0.6) is 0 Å². The molecule has 0 bridgehead atoms. The van der Waals surface area contributed by atoms with Crippen LogP contribution in [0.25, 0.3) is 0 Å². The maximum atomic E-state index is 12.8. The van der Waals surface area contributed by atoms with E-state index in [4.69, 9.17) is 15.7 Å². The molecule has 0 aromatic heterocycles. The first-order chi connectivity index (χ1) is 13.1. The summed E-state index contributed by atoms with van der Waals surface area (Å²) < 4.78 is 47.8. The molecule has 0 radical (unpaired) electrons. The number of ether oxygens (including phenoxy) is 2. The van der Waals surface area contributed by atoms with Crippen LogP contribution in [0.15, 0.2) is 40.6 Å². The van der Waals surface area contributed by atoms with Gasteiger partial charge in [0, 0.05) is 0 Å². The summed E-state index contributed by atoms with van der Waals surface area (Å²) in [4.78, 5) is 23.9. The molecule has 0 atom stereocenters. The molecule has 0 aliphatic rings. The number of benzene rings is 1. The second-order valence-corrected chi connectivity index (χ2v) is 4.99. The first kappa shape index (κ1) is 22.5. The van der Waals surface area contributed by atoms with Gasteiger partial charge in [-0.15, -0.1) is 0 Å². The summed E-state index contributed by atoms with van der Waals surface area (Å²) in [5, 5.41) is 12.8. The third kappa shape index (κ3) is 6.01. The van der Waals surface area contributed by atoms with Crippen LogP contribution >= 0.6 is 0 Å². The summed E-state index contributed by atoms with van der Waals surface area (Å²) in [6.07, 6.45) is -4.58. The van der Waals surface area contributed by atoms with Crippen molar-refractivity contribution in [2.24, 2.45) is 10.8 Å². The van der Waals surface area contributed by atoms with Crippen LogP contribution in [0.3, 0.4) is 0 Å². The quantitative estimate of drug-likeness (QED) is 0.237. The second kappa shape index (κ2) is 9.96. The number of hydrazone groups is 1. The van der Waals surface area contributed by atoms with Crippen molar-refractivity contribution in [2.75, 3.05) is 18.6 Å². The number of hydrogen-bond acceptors (Lipinski definition) is 8. The second-order valence-electron chi connectivity index (χ2n) is 4.99. The van der Waals surface area contributed by atoms with Gasteiger partial charge in [0.2, 0.25) is 0 Å². The van der Waals surface area contributed by atoms with Gasteiger partial charge in [-0.3, -0.25) is 5.43 Å². The Bertz CT molecular complexity index is 842. The third-order valence-electron chi connectivity index (χ3n) is 3.07. The van der Waals surface area contributed by atoms with Crippen molar-refractivity contribution in [1.29, 1.82) is 5.26 Å². The number of rotatable bonds is 7. The van der Waals surface area contributed by atoms with E-state index in [-0.39, 0.29) is 18.9 Å². The number of carbonyl (C=O) groups is 2. The number of nitrogens with zero attached hydrogens (tertiary/aromatic N) is 2. The number of anilines is 1. The summed E-state index contributed by atoms with van der Waals surface area (Å²) in [5.74, 6) is -2.17. The summed E-state index contributed by atoms with van der Waals surface area (Å²) in [6.45, 7) is 2.87. The van der Waals surface area contributed by atoms with E-state index < -0.39 is 40.7 Å². The highest BCUT2D eigenvalue weighted by Crippen LogP contribution is 2.30. The number of nitriles is 1. The molecule has 0 aliphatic carbocycles. The molecule has 28 heavy (non-hydrogen) atoms. The van der Waals surface area contributed by atoms with E-state index in [1.807, 2.05) is 0 Å². The Morgan fingerprint density at radius 2 is 1.82 bits per heavy atom. The Kier molecular flexibility index (Phi) is 8.00. The average Bonchev–Trinajstić information content (AvgIpc) is 2.62. The van der Waals surface area contributed by atoms with Crippen LogP contribution in [0.1, 0.15) is 19.4 Å². The van der Waals surface area contributed by atoms with Gasteiger partial charge >= 0.3 is 18.1 Å². The lowest BCUT2D eigenvalue weighted by molar-refractivity contribution is -0.138. The molecule has 0 fully saturated rings. The van der Waals surface area contributed by atoms with Crippen LogP contribution in [0.4, 0.5) is 18.9 Å². The van der Waals surface area contributed by atoms with Gasteiger partial charge in [0.05, 0.1) is 30.2 Å². The standard InChI is InChI=1S/C17H17F3N4O4/c1-3-27-15(25)12(9-21)13(22)14(16(26)28-4-2)24-23-11-7-5-6-10(8-11)17(18,19)20/h5-8,23H,3-4,22H2,1-2H3/b13-12+,24-14+. The van der Waals surface area contributed by atoms with E-state index in [2.05, 4.69) is 15.3 Å². The molecule has 0 unspecified atom stereocenters. The summed E-state index contributed by atoms with van der Waals surface area (Å²) in [7, 11) is 0. The van der Waals surface area contributed by atoms with Crippen molar-refractivity contribution in [2.45, 2.75) is 20.0 Å². The van der Waals surface area contributed by atoms with E-state index in [1.54, 1.807) is 0 Å². The van der Waals surface area contributed by atoms with E-state index >= 15 is 0 Å². The SMILES string of the molecule is CCOC(=O)C(=N/Nc1cccc(C(F)(F)F)c1)/C(N)=C(/C#N)C(=O)OCC. The third-order valence-corrected chi connectivity index (χ3v) is 3.07. The first-order valence-electron chi connectivity index (χ1n) is 7.91. The lowest BCUT2D eigenvalue weighted by Gasteiger charge is -2.11. The number of nitrogens with one attached hydrogen (secondary N) is 1. The number of alkyl halides is 3. The van der Waals surface area contributed by atoms with Crippen molar-refractivity contribution in [3.8, 4) is 6.07 Å². The fraction of sp³-hybridized carbons (Fsp3) is 0.294. The minimum Gasteiger partial charge on any atom is -0.462 e. The molecule has 0 heterocycles. The van der Waals surface area contributed by atoms with Gasteiger partial charge in [-0.25, -0.2) is 9.59 Å². The van der Waals surface area contributed by atoms with E-state index in [0.717, 1.165) is 18.2 Å². The number of esters is 2. The molecular weight excluding hydrogens is 381 g/mol. The van der Waals surface area contributed by atoms with Crippen LogP contribution in [0, 0.1) is 11.3 Å². The Hall–Kier alpha value is -3.55. The average molecular weight is 398 g/mol. The van der Waals surface area contributed by atoms with Gasteiger partial charge in [0.25, 0.3) is 0 Å². The molecule has 0 aliphatic heterocycles. The smallest absolute Gasteiger partial charge is 0.416 e. The highest BCUT2D eigenvalue weighted by Gasteiger charge is 2.30. The van der Waals surface area contributed by atoms with Gasteiger partial charge in [-0.2, -0.15) is 23.5 Å². The van der Waals surface area contributed by atoms with Crippen molar-refractivity contribution in [3.05, 3.63) is 41.1 Å². The lowest BCUT2D eigenvalue weighted by atomic mass is 10.1. The largest absolute Gasteiger partial charge is 0.462 e. The zero-order valence-corrected chi connectivity index (χ0v) is 15.0. The summed E-state index contributed by atoms with van der Waals surface area (Å²) in [5.41, 5.74) is 4.89. The van der Waals surface area contributed by atoms with Gasteiger partial charge < -0.3 is 15.2 Å². The fourth-order valence-corrected chi connectivity index (χ4v) is 1.84. The Morgan fingerprint density at radius 1 is 1.21 bits per heavy atom. The van der Waals surface area contributed by atoms with E-state index in [9.17, 15) is 22.8 Å². The number of hydrogen-bond donors (Lipinski definition) is 2. The van der Waals surface area contributed by atoms with Gasteiger partial charge in [-0.05, 0) is 32.0 Å². The molecule has 0 saturated heterocycles. The predicted molar refractivity (Wildman–Crippen MR) is 92.6 cm³/mol. The molecule has 0 saturated carbocycles. The molecule has 0 spiro atoms. The first-order valence-corrected chi connectivity index (χ1v) is 7.91. The van der Waals surface area contributed by atoms with Gasteiger partial charge in [-0.1, -0.05) is 6.07 Å². The zero-order chi connectivity index (χ0) is 21.3. The molecular formula is C17H17F3N4O4. The van der Waals surface area contributed by atoms with Gasteiger partial charge in [0.1, 0.15) is 6.07 Å². The van der Waals surface area contributed by atoms with Crippen molar-refractivity contribution in [1.82, 2.24) is 0 Å². The normalized spacial score (nSPS) is 12.5. The highest BCUT2D eigenvalue weighted by molar-refractivity contribution is 6.44. The molecule has 3 N–H and O–H groups in total. The van der Waals surface area contributed by atoms with Crippen LogP contribution in [0.2, 0.25) is 0 Å². The molecule has 11 heteroatoms. The minimum atomic E-state index is -4.58. The van der Waals surface area contributed by atoms with Crippen LogP contribution in [-0.2, 0) is 25.2 Å². The van der Waals surface area contributed by atoms with E-state index in [0.29, 0.717) is 0 Å². The highest BCUT2D eigenvalue weighted by atomic mass is 19.4. The van der Waals surface area contributed by atoms with Crippen molar-refractivity contribution in [3.63, 3.8) is 0 Å². The number of nitrogens with two attached hydrogens (primary N) is 1. The molecule has 150 valence electrons. The fourth-order valence-electron chi connectivity index (χ4n) is 1.84. The number of carbonyl (C=O) groups excluding carboxylic acids is 2. The molecule has 1 aromatic carbocycles.